The van der Waals surface area contributed by atoms with Crippen molar-refractivity contribution in [3.05, 3.63) is 72.9 Å². The molecule has 3 N–H and O–H groups in total. The van der Waals surface area contributed by atoms with E-state index in [0.717, 1.165) is 83.5 Å². The Hall–Kier alpha value is -2.06. The summed E-state index contributed by atoms with van der Waals surface area (Å²) in [5.41, 5.74) is 5.39. The van der Waals surface area contributed by atoms with Crippen LogP contribution in [0.25, 0.3) is 0 Å². The van der Waals surface area contributed by atoms with Gasteiger partial charge in [-0.15, -0.1) is 0 Å². The quantitative estimate of drug-likeness (QED) is 0.0268. The Morgan fingerprint density at radius 3 is 1.33 bits per heavy atom. The fourth-order valence-corrected chi connectivity index (χ4v) is 7.88. The summed E-state index contributed by atoms with van der Waals surface area (Å²) in [5.74, 6) is -0.333. The van der Waals surface area contributed by atoms with E-state index in [0.29, 0.717) is 13.0 Å². The standard InChI is InChI=1S/C54H98NO7P/c1-3-5-7-9-11-13-15-17-19-21-23-24-25-26-27-28-29-30-32-34-36-38-40-42-44-46-49-59-51-53(52-61-63(57,58)60-50-48-55)62-54(56)47-45-43-41-39-37-35-33-31-22-20-18-16-14-12-10-8-6-4-2/h5,7,11,13,17,19,23-24,26-27,29-30,53H,3-4,6,8-10,12,14-16,18,20-22,25,28,31-52,55H2,1-2H3,(H,57,58)/b7-5-,13-11-,19-17-,24-23-,27-26-,30-29-. The van der Waals surface area contributed by atoms with Gasteiger partial charge in [-0.3, -0.25) is 13.8 Å². The molecule has 0 aromatic carbocycles. The second-order valence-corrected chi connectivity index (χ2v) is 18.5. The molecule has 0 bridgehead atoms. The third-order valence-electron chi connectivity index (χ3n) is 10.9. The first-order chi connectivity index (χ1) is 30.9. The number of rotatable bonds is 49. The highest BCUT2D eigenvalue weighted by Crippen LogP contribution is 2.43. The van der Waals surface area contributed by atoms with Gasteiger partial charge < -0.3 is 20.1 Å². The molecule has 366 valence electrons. The van der Waals surface area contributed by atoms with Gasteiger partial charge >= 0.3 is 13.8 Å². The molecule has 0 saturated heterocycles. The largest absolute Gasteiger partial charge is 0.472 e. The Bertz CT molecular complexity index is 1200. The molecule has 9 heteroatoms. The number of phosphoric acid groups is 1. The van der Waals surface area contributed by atoms with Gasteiger partial charge in [0.25, 0.3) is 0 Å². The van der Waals surface area contributed by atoms with E-state index in [-0.39, 0.29) is 32.3 Å². The van der Waals surface area contributed by atoms with Gasteiger partial charge in [-0.2, -0.15) is 0 Å². The zero-order valence-electron chi connectivity index (χ0n) is 40.8. The Morgan fingerprint density at radius 1 is 0.492 bits per heavy atom. The summed E-state index contributed by atoms with van der Waals surface area (Å²) in [5, 5.41) is 0. The van der Waals surface area contributed by atoms with Crippen LogP contribution in [0, 0.1) is 0 Å². The lowest BCUT2D eigenvalue weighted by molar-refractivity contribution is -0.154. The fraction of sp³-hybridized carbons (Fsp3) is 0.759. The number of phosphoric ester groups is 1. The number of allylic oxidation sites excluding steroid dienone is 12. The van der Waals surface area contributed by atoms with Crippen LogP contribution in [-0.2, 0) is 27.9 Å². The van der Waals surface area contributed by atoms with Gasteiger partial charge in [-0.1, -0.05) is 228 Å². The maximum absolute atomic E-state index is 12.7. The predicted octanol–water partition coefficient (Wildman–Crippen LogP) is 16.3. The average Bonchev–Trinajstić information content (AvgIpc) is 3.28. The third kappa shape index (κ3) is 50.8. The monoisotopic (exact) mass is 904 g/mol. The lowest BCUT2D eigenvalue weighted by atomic mass is 10.0. The summed E-state index contributed by atoms with van der Waals surface area (Å²) in [6.45, 7) is 4.80. The first kappa shape index (κ1) is 60.9. The summed E-state index contributed by atoms with van der Waals surface area (Å²) >= 11 is 0. The van der Waals surface area contributed by atoms with Crippen LogP contribution in [0.1, 0.15) is 226 Å². The third-order valence-corrected chi connectivity index (χ3v) is 11.9. The van der Waals surface area contributed by atoms with Crippen molar-refractivity contribution in [2.24, 2.45) is 5.73 Å². The Kier molecular flexibility index (Phi) is 49.3. The molecule has 0 saturated carbocycles. The van der Waals surface area contributed by atoms with Crippen molar-refractivity contribution in [3.63, 3.8) is 0 Å². The van der Waals surface area contributed by atoms with Gasteiger partial charge in [-0.05, 0) is 64.2 Å². The summed E-state index contributed by atoms with van der Waals surface area (Å²) < 4.78 is 33.6. The molecule has 8 nitrogen and oxygen atoms in total. The minimum absolute atomic E-state index is 0.0964. The van der Waals surface area contributed by atoms with Crippen molar-refractivity contribution in [3.8, 4) is 0 Å². The van der Waals surface area contributed by atoms with E-state index in [9.17, 15) is 14.3 Å². The molecule has 2 atom stereocenters. The molecule has 0 heterocycles. The Morgan fingerprint density at radius 2 is 0.889 bits per heavy atom. The van der Waals surface area contributed by atoms with Crippen LogP contribution in [0.5, 0.6) is 0 Å². The zero-order chi connectivity index (χ0) is 45.8. The molecule has 0 spiro atoms. The van der Waals surface area contributed by atoms with E-state index >= 15 is 0 Å². The number of ether oxygens (including phenoxy) is 2. The van der Waals surface area contributed by atoms with Crippen LogP contribution < -0.4 is 5.73 Å². The predicted molar refractivity (Wildman–Crippen MR) is 270 cm³/mol. The highest BCUT2D eigenvalue weighted by molar-refractivity contribution is 7.47. The summed E-state index contributed by atoms with van der Waals surface area (Å²) in [6, 6.07) is 0. The van der Waals surface area contributed by atoms with Gasteiger partial charge in [0.1, 0.15) is 6.10 Å². The van der Waals surface area contributed by atoms with E-state index in [1.807, 2.05) is 0 Å². The topological polar surface area (TPSA) is 117 Å². The molecule has 0 aliphatic heterocycles. The number of hydrogen-bond acceptors (Lipinski definition) is 7. The molecule has 0 aliphatic carbocycles. The normalized spacial score (nSPS) is 13.9. The van der Waals surface area contributed by atoms with Crippen molar-refractivity contribution in [2.75, 3.05) is 33.0 Å². The lowest BCUT2D eigenvalue weighted by Gasteiger charge is -2.20. The second kappa shape index (κ2) is 50.9. The van der Waals surface area contributed by atoms with Crippen molar-refractivity contribution in [1.29, 1.82) is 0 Å². The smallest absolute Gasteiger partial charge is 0.457 e. The zero-order valence-corrected chi connectivity index (χ0v) is 41.7. The van der Waals surface area contributed by atoms with Gasteiger partial charge in [0.2, 0.25) is 0 Å². The van der Waals surface area contributed by atoms with E-state index in [1.54, 1.807) is 0 Å². The molecule has 2 unspecified atom stereocenters. The molecular weight excluding hydrogens is 806 g/mol. The van der Waals surface area contributed by atoms with E-state index in [2.05, 4.69) is 86.8 Å². The number of hydrogen-bond donors (Lipinski definition) is 2. The van der Waals surface area contributed by atoms with E-state index in [1.165, 1.54) is 122 Å². The van der Waals surface area contributed by atoms with E-state index in [4.69, 9.17) is 24.3 Å². The summed E-state index contributed by atoms with van der Waals surface area (Å²) in [6.07, 6.45) is 65.0. The first-order valence-electron chi connectivity index (χ1n) is 25.9. The maximum atomic E-state index is 12.7. The molecule has 0 rings (SSSR count). The molecule has 0 aromatic heterocycles. The molecular formula is C54H98NO7P. The van der Waals surface area contributed by atoms with Gasteiger partial charge in [0.15, 0.2) is 0 Å². The molecule has 0 radical (unpaired) electrons. The molecule has 63 heavy (non-hydrogen) atoms. The minimum atomic E-state index is -4.29. The van der Waals surface area contributed by atoms with Gasteiger partial charge in [-0.25, -0.2) is 4.57 Å². The molecule has 0 aromatic rings. The molecule has 0 fully saturated rings. The number of esters is 1. The first-order valence-corrected chi connectivity index (χ1v) is 27.4. The lowest BCUT2D eigenvalue weighted by Crippen LogP contribution is -2.28. The van der Waals surface area contributed by atoms with E-state index < -0.39 is 13.9 Å². The highest BCUT2D eigenvalue weighted by atomic mass is 31.2. The number of carbonyl (C=O) groups is 1. The fourth-order valence-electron chi connectivity index (χ4n) is 7.12. The van der Waals surface area contributed by atoms with Crippen LogP contribution in [0.15, 0.2) is 72.9 Å². The second-order valence-electron chi connectivity index (χ2n) is 17.0. The van der Waals surface area contributed by atoms with Crippen LogP contribution in [0.3, 0.4) is 0 Å². The van der Waals surface area contributed by atoms with Gasteiger partial charge in [0.05, 0.1) is 19.8 Å². The molecule has 0 aliphatic rings. The van der Waals surface area contributed by atoms with Crippen molar-refractivity contribution in [2.45, 2.75) is 232 Å². The van der Waals surface area contributed by atoms with Crippen molar-refractivity contribution >= 4 is 13.8 Å². The number of unbranched alkanes of at least 4 members (excludes halogenated alkanes) is 24. The van der Waals surface area contributed by atoms with Crippen molar-refractivity contribution in [1.82, 2.24) is 0 Å². The summed E-state index contributed by atoms with van der Waals surface area (Å²) in [4.78, 5) is 22.6. The van der Waals surface area contributed by atoms with Crippen LogP contribution >= 0.6 is 7.82 Å². The van der Waals surface area contributed by atoms with Crippen molar-refractivity contribution < 1.29 is 32.8 Å². The molecule has 0 amide bonds. The van der Waals surface area contributed by atoms with Crippen LogP contribution in [0.4, 0.5) is 0 Å². The minimum Gasteiger partial charge on any atom is -0.457 e. The number of nitrogens with two attached hydrogens (primary N) is 1. The van der Waals surface area contributed by atoms with Crippen LogP contribution in [-0.4, -0.2) is 49.9 Å². The maximum Gasteiger partial charge on any atom is 0.472 e. The van der Waals surface area contributed by atoms with Gasteiger partial charge in [0, 0.05) is 19.6 Å². The van der Waals surface area contributed by atoms with Crippen LogP contribution in [0.2, 0.25) is 0 Å². The Labute approximate surface area is 388 Å². The summed E-state index contributed by atoms with van der Waals surface area (Å²) in [7, 11) is -4.29. The SMILES string of the molecule is CC/C=C\C/C=C\C/C=C\C/C=C\C/C=C\C/C=C\CCCCCCCCCOCC(COP(=O)(O)OCCN)OC(=O)CCCCCCCCCCCCCCCCCCCC. The highest BCUT2D eigenvalue weighted by Gasteiger charge is 2.25. The Balaban J connectivity index is 3.97. The number of carbonyl (C=O) groups excluding carboxylic acids is 1. The average molecular weight is 904 g/mol.